The number of hydrogen-bond donors (Lipinski definition) is 2. The van der Waals surface area contributed by atoms with Gasteiger partial charge in [-0.3, -0.25) is 9.52 Å². The second kappa shape index (κ2) is 8.16. The minimum atomic E-state index is -3.65. The number of carbonyl (C=O) groups excluding carboxylic acids is 1. The zero-order valence-electron chi connectivity index (χ0n) is 14.8. The molecule has 0 heterocycles. The summed E-state index contributed by atoms with van der Waals surface area (Å²) in [5, 5.41) is 2.83. The van der Waals surface area contributed by atoms with Crippen LogP contribution < -0.4 is 10.0 Å². The van der Waals surface area contributed by atoms with Gasteiger partial charge in [0.05, 0.1) is 4.90 Å². The smallest absolute Gasteiger partial charge is 0.261 e. The van der Waals surface area contributed by atoms with Crippen molar-refractivity contribution in [3.05, 3.63) is 59.2 Å². The van der Waals surface area contributed by atoms with Gasteiger partial charge >= 0.3 is 0 Å². The third-order valence-corrected chi connectivity index (χ3v) is 5.38. The second-order valence-electron chi connectivity index (χ2n) is 6.04. The van der Waals surface area contributed by atoms with Crippen molar-refractivity contribution in [2.45, 2.75) is 38.5 Å². The summed E-state index contributed by atoms with van der Waals surface area (Å²) in [6.45, 7) is 6.50. The van der Waals surface area contributed by atoms with E-state index >= 15 is 0 Å². The van der Waals surface area contributed by atoms with E-state index in [1.54, 1.807) is 42.5 Å². The van der Waals surface area contributed by atoms with Crippen molar-refractivity contribution < 1.29 is 13.2 Å². The molecule has 6 heteroatoms. The zero-order valence-corrected chi connectivity index (χ0v) is 15.6. The molecule has 2 rings (SSSR count). The molecule has 0 aromatic heterocycles. The van der Waals surface area contributed by atoms with E-state index in [2.05, 4.69) is 17.0 Å². The number of anilines is 1. The summed E-state index contributed by atoms with van der Waals surface area (Å²) in [7, 11) is -3.65. The molecule has 0 unspecified atom stereocenters. The van der Waals surface area contributed by atoms with Gasteiger partial charge in [0, 0.05) is 17.8 Å². The SMILES string of the molecule is CCCCNC(=O)c1ccc(NS(=O)(=O)c2ccc(C)c(C)c2)cc1. The highest BCUT2D eigenvalue weighted by atomic mass is 32.2. The first-order chi connectivity index (χ1) is 11.8. The summed E-state index contributed by atoms with van der Waals surface area (Å²) in [5.41, 5.74) is 2.88. The van der Waals surface area contributed by atoms with Crippen LogP contribution in [0.5, 0.6) is 0 Å². The van der Waals surface area contributed by atoms with Crippen molar-refractivity contribution in [3.8, 4) is 0 Å². The predicted octanol–water partition coefficient (Wildman–Crippen LogP) is 3.63. The van der Waals surface area contributed by atoms with E-state index in [4.69, 9.17) is 0 Å². The van der Waals surface area contributed by atoms with E-state index in [-0.39, 0.29) is 10.8 Å². The van der Waals surface area contributed by atoms with Crippen molar-refractivity contribution in [3.63, 3.8) is 0 Å². The van der Waals surface area contributed by atoms with Gasteiger partial charge in [0.1, 0.15) is 0 Å². The Morgan fingerprint density at radius 2 is 1.68 bits per heavy atom. The number of sulfonamides is 1. The molecule has 2 N–H and O–H groups in total. The second-order valence-corrected chi connectivity index (χ2v) is 7.72. The van der Waals surface area contributed by atoms with Gasteiger partial charge in [-0.15, -0.1) is 0 Å². The Morgan fingerprint density at radius 3 is 2.28 bits per heavy atom. The maximum atomic E-state index is 12.5. The topological polar surface area (TPSA) is 75.3 Å². The third-order valence-electron chi connectivity index (χ3n) is 4.00. The maximum absolute atomic E-state index is 12.5. The molecule has 2 aromatic carbocycles. The number of amides is 1. The van der Waals surface area contributed by atoms with Crippen molar-refractivity contribution in [1.82, 2.24) is 5.32 Å². The summed E-state index contributed by atoms with van der Waals surface area (Å²) < 4.78 is 27.5. The van der Waals surface area contributed by atoms with Crippen LogP contribution in [-0.4, -0.2) is 20.9 Å². The lowest BCUT2D eigenvalue weighted by Gasteiger charge is -2.10. The van der Waals surface area contributed by atoms with Crippen LogP contribution >= 0.6 is 0 Å². The first-order valence-corrected chi connectivity index (χ1v) is 9.80. The van der Waals surface area contributed by atoms with Gasteiger partial charge in [-0.05, 0) is 67.8 Å². The van der Waals surface area contributed by atoms with Crippen LogP contribution in [0.25, 0.3) is 0 Å². The van der Waals surface area contributed by atoms with Gasteiger partial charge in [0.15, 0.2) is 0 Å². The maximum Gasteiger partial charge on any atom is 0.261 e. The van der Waals surface area contributed by atoms with Crippen molar-refractivity contribution >= 4 is 21.6 Å². The molecule has 0 saturated carbocycles. The highest BCUT2D eigenvalue weighted by molar-refractivity contribution is 7.92. The Hall–Kier alpha value is -2.34. The quantitative estimate of drug-likeness (QED) is 0.740. The van der Waals surface area contributed by atoms with E-state index in [0.29, 0.717) is 17.8 Å². The highest BCUT2D eigenvalue weighted by Gasteiger charge is 2.15. The van der Waals surface area contributed by atoms with Crippen LogP contribution in [-0.2, 0) is 10.0 Å². The number of unbranched alkanes of at least 4 members (excludes halogenated alkanes) is 1. The van der Waals surface area contributed by atoms with Gasteiger partial charge in [-0.25, -0.2) is 8.42 Å². The molecule has 25 heavy (non-hydrogen) atoms. The van der Waals surface area contributed by atoms with Gasteiger partial charge in [-0.1, -0.05) is 19.4 Å². The highest BCUT2D eigenvalue weighted by Crippen LogP contribution is 2.19. The zero-order chi connectivity index (χ0) is 18.4. The summed E-state index contributed by atoms with van der Waals surface area (Å²) in [6.07, 6.45) is 1.94. The first-order valence-electron chi connectivity index (χ1n) is 8.32. The van der Waals surface area contributed by atoms with Gasteiger partial charge in [0.25, 0.3) is 15.9 Å². The van der Waals surface area contributed by atoms with Crippen LogP contribution in [0.4, 0.5) is 5.69 Å². The average Bonchev–Trinajstić information content (AvgIpc) is 2.57. The Balaban J connectivity index is 2.09. The van der Waals surface area contributed by atoms with E-state index in [1.165, 1.54) is 0 Å². The number of nitrogens with one attached hydrogen (secondary N) is 2. The fourth-order valence-corrected chi connectivity index (χ4v) is 3.41. The summed E-state index contributed by atoms with van der Waals surface area (Å²) in [6, 6.07) is 11.4. The monoisotopic (exact) mass is 360 g/mol. The largest absolute Gasteiger partial charge is 0.352 e. The molecule has 0 radical (unpaired) electrons. The van der Waals surface area contributed by atoms with E-state index in [0.717, 1.165) is 24.0 Å². The summed E-state index contributed by atoms with van der Waals surface area (Å²) >= 11 is 0. The van der Waals surface area contributed by atoms with Gasteiger partial charge in [0.2, 0.25) is 0 Å². The molecule has 134 valence electrons. The third kappa shape index (κ3) is 5.06. The Bertz CT molecular complexity index is 843. The molecular weight excluding hydrogens is 336 g/mol. The normalized spacial score (nSPS) is 11.2. The lowest BCUT2D eigenvalue weighted by atomic mass is 10.1. The molecular formula is C19H24N2O3S. The van der Waals surface area contributed by atoms with E-state index < -0.39 is 10.0 Å². The molecule has 0 spiro atoms. The first kappa shape index (κ1) is 19.0. The Labute approximate surface area is 149 Å². The summed E-state index contributed by atoms with van der Waals surface area (Å²) in [4.78, 5) is 12.2. The predicted molar refractivity (Wildman–Crippen MR) is 100 cm³/mol. The van der Waals surface area contributed by atoms with Crippen LogP contribution in [0.1, 0.15) is 41.3 Å². The van der Waals surface area contributed by atoms with Crippen LogP contribution in [0.2, 0.25) is 0 Å². The molecule has 0 bridgehead atoms. The van der Waals surface area contributed by atoms with Gasteiger partial charge in [-0.2, -0.15) is 0 Å². The number of carbonyl (C=O) groups is 1. The summed E-state index contributed by atoms with van der Waals surface area (Å²) in [5.74, 6) is -0.156. The van der Waals surface area contributed by atoms with Crippen molar-refractivity contribution in [2.24, 2.45) is 0 Å². The van der Waals surface area contributed by atoms with Gasteiger partial charge < -0.3 is 5.32 Å². The molecule has 5 nitrogen and oxygen atoms in total. The van der Waals surface area contributed by atoms with Crippen molar-refractivity contribution in [1.29, 1.82) is 0 Å². The van der Waals surface area contributed by atoms with E-state index in [9.17, 15) is 13.2 Å². The molecule has 2 aromatic rings. The fraction of sp³-hybridized carbons (Fsp3) is 0.316. The molecule has 0 aliphatic carbocycles. The fourth-order valence-electron chi connectivity index (χ4n) is 2.27. The molecule has 0 atom stereocenters. The Morgan fingerprint density at radius 1 is 1.00 bits per heavy atom. The Kier molecular flexibility index (Phi) is 6.20. The molecule has 0 aliphatic rings. The van der Waals surface area contributed by atoms with Crippen LogP contribution in [0.15, 0.2) is 47.4 Å². The molecule has 0 fully saturated rings. The number of rotatable bonds is 7. The number of hydrogen-bond acceptors (Lipinski definition) is 3. The number of aryl methyl sites for hydroxylation is 2. The molecule has 0 saturated heterocycles. The van der Waals surface area contributed by atoms with Crippen LogP contribution in [0.3, 0.4) is 0 Å². The molecule has 0 aliphatic heterocycles. The standard InChI is InChI=1S/C19H24N2O3S/c1-4-5-12-20-19(22)16-7-9-17(10-8-16)21-25(23,24)18-11-6-14(2)15(3)13-18/h6-11,13,21H,4-5,12H2,1-3H3,(H,20,22). The van der Waals surface area contributed by atoms with E-state index in [1.807, 2.05) is 13.8 Å². The number of benzene rings is 2. The average molecular weight is 360 g/mol. The molecule has 1 amide bonds. The minimum absolute atomic E-state index is 0.156. The lowest BCUT2D eigenvalue weighted by molar-refractivity contribution is 0.0953. The van der Waals surface area contributed by atoms with Crippen molar-refractivity contribution in [2.75, 3.05) is 11.3 Å². The lowest BCUT2D eigenvalue weighted by Crippen LogP contribution is -2.24. The van der Waals surface area contributed by atoms with Crippen LogP contribution in [0, 0.1) is 13.8 Å². The minimum Gasteiger partial charge on any atom is -0.352 e.